The molecule has 27 heavy (non-hydrogen) atoms. The largest absolute Gasteiger partial charge is 0.443 e. The summed E-state index contributed by atoms with van der Waals surface area (Å²) in [6.45, 7) is 4.61. The van der Waals surface area contributed by atoms with Gasteiger partial charge in [0.05, 0.1) is 30.7 Å². The number of imide groups is 1. The maximum Gasteiger partial charge on any atom is 0.418 e. The lowest BCUT2D eigenvalue weighted by molar-refractivity contribution is -0.125. The van der Waals surface area contributed by atoms with Crippen LogP contribution in [0.1, 0.15) is 26.5 Å². The predicted octanol–water partition coefficient (Wildman–Crippen LogP) is 1.44. The van der Waals surface area contributed by atoms with Crippen molar-refractivity contribution in [3.05, 3.63) is 35.9 Å². The van der Waals surface area contributed by atoms with Gasteiger partial charge in [-0.1, -0.05) is 5.21 Å². The maximum atomic E-state index is 14.6. The van der Waals surface area contributed by atoms with Crippen molar-refractivity contribution in [2.24, 2.45) is 0 Å². The number of hydrogen-bond acceptors (Lipinski definition) is 7. The van der Waals surface area contributed by atoms with Crippen molar-refractivity contribution in [1.82, 2.24) is 19.9 Å². The van der Waals surface area contributed by atoms with Gasteiger partial charge in [-0.15, -0.1) is 5.10 Å². The number of ether oxygens (including phenoxy) is 1. The summed E-state index contributed by atoms with van der Waals surface area (Å²) < 4.78 is 21.1. The van der Waals surface area contributed by atoms with E-state index in [0.29, 0.717) is 11.4 Å². The standard InChI is InChI=1S/C17H20FN5O4/c1-17(2,3)27-16(26)22-10-21(8-15(22)25)14-5-4-12(6-13(14)18)23-7-11(9-24)19-20-23/h4-7,24H,8-10H2,1-3H3. The van der Waals surface area contributed by atoms with Gasteiger partial charge in [0, 0.05) is 6.07 Å². The number of nitrogens with zero attached hydrogens (tertiary/aromatic N) is 5. The first kappa shape index (κ1) is 18.8. The number of hydrogen-bond donors (Lipinski definition) is 1. The Bertz CT molecular complexity index is 876. The number of rotatable bonds is 3. The van der Waals surface area contributed by atoms with Gasteiger partial charge < -0.3 is 14.7 Å². The second kappa shape index (κ2) is 6.95. The zero-order valence-corrected chi connectivity index (χ0v) is 15.2. The average Bonchev–Trinajstić information content (AvgIpc) is 3.19. The molecule has 10 heteroatoms. The molecule has 1 saturated heterocycles. The Labute approximate surface area is 154 Å². The first-order valence-electron chi connectivity index (χ1n) is 8.28. The van der Waals surface area contributed by atoms with Crippen molar-refractivity contribution < 1.29 is 23.8 Å². The van der Waals surface area contributed by atoms with E-state index >= 15 is 0 Å². The predicted molar refractivity (Wildman–Crippen MR) is 92.5 cm³/mol. The summed E-state index contributed by atoms with van der Waals surface area (Å²) in [7, 11) is 0. The quantitative estimate of drug-likeness (QED) is 0.864. The number of aliphatic hydroxyl groups excluding tert-OH is 1. The van der Waals surface area contributed by atoms with Crippen LogP contribution in [0.15, 0.2) is 24.4 Å². The fourth-order valence-electron chi connectivity index (χ4n) is 2.58. The molecule has 3 rings (SSSR count). The first-order valence-corrected chi connectivity index (χ1v) is 8.28. The van der Waals surface area contributed by atoms with Crippen LogP contribution in [0.3, 0.4) is 0 Å². The van der Waals surface area contributed by atoms with Gasteiger partial charge in [-0.05, 0) is 32.9 Å². The Balaban J connectivity index is 1.77. The van der Waals surface area contributed by atoms with E-state index in [1.807, 2.05) is 0 Å². The fourth-order valence-corrected chi connectivity index (χ4v) is 2.58. The van der Waals surface area contributed by atoms with Crippen molar-refractivity contribution in [1.29, 1.82) is 0 Å². The summed E-state index contributed by atoms with van der Waals surface area (Å²) in [4.78, 5) is 26.7. The molecule has 1 aromatic heterocycles. The molecule has 0 bridgehead atoms. The molecule has 1 N–H and O–H groups in total. The zero-order chi connectivity index (χ0) is 19.8. The monoisotopic (exact) mass is 377 g/mol. The third kappa shape index (κ3) is 4.05. The third-order valence-electron chi connectivity index (χ3n) is 3.79. The third-order valence-corrected chi connectivity index (χ3v) is 3.79. The van der Waals surface area contributed by atoms with E-state index in [1.54, 1.807) is 26.8 Å². The van der Waals surface area contributed by atoms with E-state index in [9.17, 15) is 14.0 Å². The zero-order valence-electron chi connectivity index (χ0n) is 15.2. The van der Waals surface area contributed by atoms with E-state index < -0.39 is 23.4 Å². The van der Waals surface area contributed by atoms with Crippen LogP contribution in [0.4, 0.5) is 14.9 Å². The van der Waals surface area contributed by atoms with Crippen LogP contribution in [0.2, 0.25) is 0 Å². The lowest BCUT2D eigenvalue weighted by Gasteiger charge is -2.24. The van der Waals surface area contributed by atoms with Crippen LogP contribution in [0.25, 0.3) is 5.69 Å². The van der Waals surface area contributed by atoms with Crippen molar-refractivity contribution in [2.75, 3.05) is 18.1 Å². The highest BCUT2D eigenvalue weighted by Crippen LogP contribution is 2.25. The molecular weight excluding hydrogens is 357 g/mol. The Morgan fingerprint density at radius 3 is 2.70 bits per heavy atom. The highest BCUT2D eigenvalue weighted by molar-refractivity contribution is 5.97. The molecule has 0 radical (unpaired) electrons. The average molecular weight is 377 g/mol. The summed E-state index contributed by atoms with van der Waals surface area (Å²) in [5.74, 6) is -1.04. The molecule has 9 nitrogen and oxygen atoms in total. The van der Waals surface area contributed by atoms with E-state index in [-0.39, 0.29) is 25.5 Å². The van der Waals surface area contributed by atoms with Gasteiger partial charge in [-0.2, -0.15) is 0 Å². The minimum atomic E-state index is -0.758. The Kier molecular flexibility index (Phi) is 4.83. The minimum Gasteiger partial charge on any atom is -0.443 e. The molecule has 2 amide bonds. The summed E-state index contributed by atoms with van der Waals surface area (Å²) in [5.41, 5.74) is 0.222. The second-order valence-electron chi connectivity index (χ2n) is 7.09. The molecule has 0 spiro atoms. The smallest absolute Gasteiger partial charge is 0.418 e. The van der Waals surface area contributed by atoms with Gasteiger partial charge in [-0.3, -0.25) is 4.79 Å². The number of halogens is 1. The number of carbonyl (C=O) groups is 2. The number of amides is 2. The normalized spacial score (nSPS) is 14.8. The second-order valence-corrected chi connectivity index (χ2v) is 7.09. The lowest BCUT2D eigenvalue weighted by atomic mass is 10.2. The minimum absolute atomic E-state index is 0.0952. The molecule has 2 heterocycles. The topological polar surface area (TPSA) is 101 Å². The molecule has 1 aliphatic heterocycles. The van der Waals surface area contributed by atoms with Crippen LogP contribution in [-0.4, -0.2) is 55.8 Å². The van der Waals surface area contributed by atoms with Gasteiger partial charge in [0.2, 0.25) is 0 Å². The van der Waals surface area contributed by atoms with E-state index in [0.717, 1.165) is 4.90 Å². The molecule has 0 unspecified atom stereocenters. The van der Waals surface area contributed by atoms with Crippen molar-refractivity contribution in [3.63, 3.8) is 0 Å². The number of anilines is 1. The number of carbonyl (C=O) groups excluding carboxylic acids is 2. The molecule has 1 aliphatic rings. The van der Waals surface area contributed by atoms with E-state index in [2.05, 4.69) is 10.3 Å². The Morgan fingerprint density at radius 1 is 1.37 bits per heavy atom. The fraction of sp³-hybridized carbons (Fsp3) is 0.412. The lowest BCUT2D eigenvalue weighted by Crippen LogP contribution is -2.38. The van der Waals surface area contributed by atoms with E-state index in [4.69, 9.17) is 9.84 Å². The van der Waals surface area contributed by atoms with Crippen LogP contribution < -0.4 is 4.90 Å². The molecule has 0 saturated carbocycles. The van der Waals surface area contributed by atoms with Gasteiger partial charge in [-0.25, -0.2) is 18.8 Å². The molecule has 2 aromatic rings. The molecule has 1 fully saturated rings. The molecule has 1 aromatic carbocycles. The summed E-state index contributed by atoms with van der Waals surface area (Å²) in [6, 6.07) is 4.34. The SMILES string of the molecule is CC(C)(C)OC(=O)N1CN(c2ccc(-n3cc(CO)nn3)cc2F)CC1=O. The van der Waals surface area contributed by atoms with E-state index in [1.165, 1.54) is 27.9 Å². The van der Waals surface area contributed by atoms with Crippen LogP contribution in [0.5, 0.6) is 0 Å². The van der Waals surface area contributed by atoms with Gasteiger partial charge in [0.1, 0.15) is 23.8 Å². The van der Waals surface area contributed by atoms with Gasteiger partial charge in [0.25, 0.3) is 5.91 Å². The van der Waals surface area contributed by atoms with Crippen LogP contribution >= 0.6 is 0 Å². The number of aromatic nitrogens is 3. The maximum absolute atomic E-state index is 14.6. The molecular formula is C17H20FN5O4. The van der Waals surface area contributed by atoms with Crippen LogP contribution in [-0.2, 0) is 16.1 Å². The molecule has 0 aliphatic carbocycles. The molecule has 0 atom stereocenters. The first-order chi connectivity index (χ1) is 12.7. The Morgan fingerprint density at radius 2 is 2.11 bits per heavy atom. The van der Waals surface area contributed by atoms with Crippen molar-refractivity contribution >= 4 is 17.7 Å². The van der Waals surface area contributed by atoms with Gasteiger partial charge >= 0.3 is 6.09 Å². The van der Waals surface area contributed by atoms with Crippen molar-refractivity contribution in [2.45, 2.75) is 33.0 Å². The van der Waals surface area contributed by atoms with Crippen molar-refractivity contribution in [3.8, 4) is 5.69 Å². The summed E-state index contributed by atoms with van der Waals surface area (Å²) in [6.07, 6.45) is 0.726. The number of benzene rings is 1. The molecule has 144 valence electrons. The summed E-state index contributed by atoms with van der Waals surface area (Å²) >= 11 is 0. The number of aliphatic hydroxyl groups is 1. The van der Waals surface area contributed by atoms with Crippen LogP contribution in [0, 0.1) is 5.82 Å². The summed E-state index contributed by atoms with van der Waals surface area (Å²) in [5, 5.41) is 16.6. The Hall–Kier alpha value is -3.01. The van der Waals surface area contributed by atoms with Gasteiger partial charge in [0.15, 0.2) is 0 Å². The highest BCUT2D eigenvalue weighted by atomic mass is 19.1. The highest BCUT2D eigenvalue weighted by Gasteiger charge is 2.36.